The third-order valence-electron chi connectivity index (χ3n) is 4.76. The number of nitrogens with one attached hydrogen (secondary N) is 2. The standard InChI is InChI=1S/C25H28ClFN2O3/c1-16(2)14-23(28-17(3)30)25(32)29-22(15-18-8-5-4-6-9-18)24(31)13-12-19-20(26)10-7-11-21(19)27/h4-13,16,22-23H,14-15H2,1-3H3,(H,28,30)(H,29,32)/b13-12+/t22-,23-/m0/s1. The summed E-state index contributed by atoms with van der Waals surface area (Å²) in [4.78, 5) is 37.5. The van der Waals surface area contributed by atoms with Gasteiger partial charge in [-0.15, -0.1) is 0 Å². The first-order valence-corrected chi connectivity index (χ1v) is 10.8. The molecular formula is C25H28ClFN2O3. The zero-order valence-electron chi connectivity index (χ0n) is 18.4. The number of halogens is 2. The maximum atomic E-state index is 14.1. The van der Waals surface area contributed by atoms with Gasteiger partial charge in [-0.05, 0) is 42.2 Å². The van der Waals surface area contributed by atoms with E-state index in [9.17, 15) is 18.8 Å². The van der Waals surface area contributed by atoms with E-state index in [-0.39, 0.29) is 28.8 Å². The Kier molecular flexibility index (Phi) is 9.60. The first-order chi connectivity index (χ1) is 15.2. The maximum Gasteiger partial charge on any atom is 0.243 e. The van der Waals surface area contributed by atoms with Crippen LogP contribution < -0.4 is 10.6 Å². The van der Waals surface area contributed by atoms with Crippen LogP contribution >= 0.6 is 11.6 Å². The Bertz CT molecular complexity index is 956. The highest BCUT2D eigenvalue weighted by molar-refractivity contribution is 6.32. The fourth-order valence-corrected chi connectivity index (χ4v) is 3.47. The van der Waals surface area contributed by atoms with Crippen molar-refractivity contribution in [3.05, 3.63) is 76.6 Å². The van der Waals surface area contributed by atoms with Crippen LogP contribution in [0, 0.1) is 11.7 Å². The summed E-state index contributed by atoms with van der Waals surface area (Å²) in [6, 6.07) is 11.8. The number of benzene rings is 2. The number of hydrogen-bond donors (Lipinski definition) is 2. The van der Waals surface area contributed by atoms with Crippen molar-refractivity contribution in [3.8, 4) is 0 Å². The smallest absolute Gasteiger partial charge is 0.243 e. The van der Waals surface area contributed by atoms with Gasteiger partial charge < -0.3 is 10.6 Å². The molecule has 0 saturated carbocycles. The topological polar surface area (TPSA) is 75.3 Å². The Morgan fingerprint density at radius 2 is 1.69 bits per heavy atom. The van der Waals surface area contributed by atoms with Gasteiger partial charge in [-0.1, -0.05) is 61.8 Å². The zero-order valence-corrected chi connectivity index (χ0v) is 19.2. The van der Waals surface area contributed by atoms with Crippen molar-refractivity contribution in [2.75, 3.05) is 0 Å². The Morgan fingerprint density at radius 1 is 1.00 bits per heavy atom. The maximum absolute atomic E-state index is 14.1. The number of ketones is 1. The lowest BCUT2D eigenvalue weighted by atomic mass is 9.99. The van der Waals surface area contributed by atoms with Gasteiger partial charge in [0, 0.05) is 18.9 Å². The Balaban J connectivity index is 2.26. The minimum Gasteiger partial charge on any atom is -0.345 e. The van der Waals surface area contributed by atoms with Crippen LogP contribution in [0.5, 0.6) is 0 Å². The average molecular weight is 459 g/mol. The Hall–Kier alpha value is -2.99. The van der Waals surface area contributed by atoms with Gasteiger partial charge in [0.1, 0.15) is 11.9 Å². The molecule has 0 radical (unpaired) electrons. The van der Waals surface area contributed by atoms with Crippen LogP contribution in [0.1, 0.15) is 38.3 Å². The first-order valence-electron chi connectivity index (χ1n) is 10.4. The van der Waals surface area contributed by atoms with E-state index >= 15 is 0 Å². The van der Waals surface area contributed by atoms with E-state index in [0.29, 0.717) is 6.42 Å². The molecular weight excluding hydrogens is 431 g/mol. The summed E-state index contributed by atoms with van der Waals surface area (Å²) < 4.78 is 14.1. The van der Waals surface area contributed by atoms with Gasteiger partial charge in [-0.2, -0.15) is 0 Å². The van der Waals surface area contributed by atoms with Crippen molar-refractivity contribution in [2.24, 2.45) is 5.92 Å². The second kappa shape index (κ2) is 12.2. The second-order valence-corrected chi connectivity index (χ2v) is 8.41. The summed E-state index contributed by atoms with van der Waals surface area (Å²) >= 11 is 6.03. The van der Waals surface area contributed by atoms with Gasteiger partial charge in [0.15, 0.2) is 5.78 Å². The minimum atomic E-state index is -0.893. The molecule has 5 nitrogen and oxygen atoms in total. The van der Waals surface area contributed by atoms with Crippen LogP contribution in [0.25, 0.3) is 6.08 Å². The van der Waals surface area contributed by atoms with Gasteiger partial charge in [-0.3, -0.25) is 14.4 Å². The summed E-state index contributed by atoms with van der Waals surface area (Å²) in [5, 5.41) is 5.59. The van der Waals surface area contributed by atoms with E-state index in [1.54, 1.807) is 0 Å². The monoisotopic (exact) mass is 458 g/mol. The summed E-state index contributed by atoms with van der Waals surface area (Å²) in [5.41, 5.74) is 0.951. The number of amides is 2. The summed E-state index contributed by atoms with van der Waals surface area (Å²) in [6.45, 7) is 5.22. The van der Waals surface area contributed by atoms with E-state index in [1.165, 1.54) is 37.3 Å². The fourth-order valence-electron chi connectivity index (χ4n) is 3.24. The normalized spacial score (nSPS) is 13.1. The van der Waals surface area contributed by atoms with Crippen molar-refractivity contribution in [1.82, 2.24) is 10.6 Å². The zero-order chi connectivity index (χ0) is 23.7. The highest BCUT2D eigenvalue weighted by atomic mass is 35.5. The molecule has 7 heteroatoms. The van der Waals surface area contributed by atoms with Crippen molar-refractivity contribution in [2.45, 2.75) is 45.7 Å². The number of rotatable bonds is 10. The lowest BCUT2D eigenvalue weighted by Crippen LogP contribution is -2.52. The molecule has 32 heavy (non-hydrogen) atoms. The van der Waals surface area contributed by atoms with E-state index in [4.69, 9.17) is 11.6 Å². The summed E-state index contributed by atoms with van der Waals surface area (Å²) in [6.07, 6.45) is 3.20. The highest BCUT2D eigenvalue weighted by Gasteiger charge is 2.26. The largest absolute Gasteiger partial charge is 0.345 e. The van der Waals surface area contributed by atoms with Crippen molar-refractivity contribution < 1.29 is 18.8 Å². The lowest BCUT2D eigenvalue weighted by molar-refractivity contribution is -0.130. The van der Waals surface area contributed by atoms with E-state index in [1.807, 2.05) is 44.2 Å². The van der Waals surface area contributed by atoms with E-state index in [0.717, 1.165) is 5.56 Å². The molecule has 2 atom stereocenters. The number of carbonyl (C=O) groups excluding carboxylic acids is 3. The molecule has 0 spiro atoms. The van der Waals surface area contributed by atoms with Crippen LogP contribution in [-0.4, -0.2) is 29.7 Å². The van der Waals surface area contributed by atoms with Crippen molar-refractivity contribution in [1.29, 1.82) is 0 Å². The average Bonchev–Trinajstić information content (AvgIpc) is 2.72. The SMILES string of the molecule is CC(=O)N[C@@H](CC(C)C)C(=O)N[C@@H](Cc1ccccc1)C(=O)/C=C/c1c(F)cccc1Cl. The molecule has 170 valence electrons. The molecule has 2 N–H and O–H groups in total. The van der Waals surface area contributed by atoms with Gasteiger partial charge in [0.05, 0.1) is 11.1 Å². The molecule has 2 aromatic carbocycles. The van der Waals surface area contributed by atoms with Crippen LogP contribution in [0.3, 0.4) is 0 Å². The molecule has 0 heterocycles. The number of hydrogen-bond acceptors (Lipinski definition) is 3. The summed E-state index contributed by atoms with van der Waals surface area (Å²) in [7, 11) is 0. The Morgan fingerprint density at radius 3 is 2.28 bits per heavy atom. The Labute approximate surface area is 193 Å². The third-order valence-corrected chi connectivity index (χ3v) is 5.09. The van der Waals surface area contributed by atoms with E-state index < -0.39 is 29.6 Å². The molecule has 0 aliphatic rings. The number of carbonyl (C=O) groups is 3. The van der Waals surface area contributed by atoms with Gasteiger partial charge in [0.2, 0.25) is 11.8 Å². The molecule has 0 unspecified atom stereocenters. The quantitative estimate of drug-likeness (QED) is 0.520. The van der Waals surface area contributed by atoms with Crippen molar-refractivity contribution >= 4 is 35.3 Å². The second-order valence-electron chi connectivity index (χ2n) is 8.00. The van der Waals surface area contributed by atoms with E-state index in [2.05, 4.69) is 10.6 Å². The van der Waals surface area contributed by atoms with Gasteiger partial charge in [0.25, 0.3) is 0 Å². The highest BCUT2D eigenvalue weighted by Crippen LogP contribution is 2.20. The van der Waals surface area contributed by atoms with Gasteiger partial charge in [-0.25, -0.2) is 4.39 Å². The minimum absolute atomic E-state index is 0.100. The van der Waals surface area contributed by atoms with Crippen LogP contribution in [0.4, 0.5) is 4.39 Å². The molecule has 0 fully saturated rings. The predicted octanol–water partition coefficient (Wildman–Crippen LogP) is 4.34. The predicted molar refractivity (Wildman–Crippen MR) is 125 cm³/mol. The lowest BCUT2D eigenvalue weighted by Gasteiger charge is -2.23. The molecule has 0 aliphatic heterocycles. The fraction of sp³-hybridized carbons (Fsp3) is 0.320. The summed E-state index contributed by atoms with van der Waals surface area (Å²) in [5.74, 6) is -1.57. The van der Waals surface area contributed by atoms with Crippen LogP contribution in [0.2, 0.25) is 5.02 Å². The van der Waals surface area contributed by atoms with Gasteiger partial charge >= 0.3 is 0 Å². The molecule has 0 aromatic heterocycles. The van der Waals surface area contributed by atoms with Crippen LogP contribution in [-0.2, 0) is 20.8 Å². The third kappa shape index (κ3) is 7.93. The molecule has 0 aliphatic carbocycles. The molecule has 0 saturated heterocycles. The van der Waals surface area contributed by atoms with Crippen molar-refractivity contribution in [3.63, 3.8) is 0 Å². The first kappa shape index (κ1) is 25.3. The molecule has 2 rings (SSSR count). The molecule has 2 amide bonds. The van der Waals surface area contributed by atoms with Crippen LogP contribution in [0.15, 0.2) is 54.6 Å². The molecule has 2 aromatic rings. The molecule has 0 bridgehead atoms.